The molecule has 2 aliphatic rings. The number of nitrogens with zero attached hydrogens (tertiary/aromatic N) is 4. The van der Waals surface area contributed by atoms with Gasteiger partial charge in [-0.05, 0) is 18.2 Å². The number of carbonyl (C=O) groups excluding carboxylic acids is 1. The van der Waals surface area contributed by atoms with Gasteiger partial charge in [-0.3, -0.25) is 4.79 Å². The summed E-state index contributed by atoms with van der Waals surface area (Å²) in [7, 11) is -0.480. The van der Waals surface area contributed by atoms with Gasteiger partial charge in [0.05, 0.1) is 38.3 Å². The number of benzene rings is 1. The van der Waals surface area contributed by atoms with E-state index in [0.717, 1.165) is 5.56 Å². The number of amidine groups is 1. The molecule has 31 heavy (non-hydrogen) atoms. The molecule has 4 rings (SSSR count). The van der Waals surface area contributed by atoms with Crippen LogP contribution in [0.4, 0.5) is 5.82 Å². The first-order valence-electron chi connectivity index (χ1n) is 9.43. The standard InChI is InChI=1S/C20H21N5O5S/c1-29-16-7-3-5-14(18(16)30-2)13-25-17(8-9-21-25)22-20(26)15-6-4-10-24-11-12-31(27,28)23-19(15)24/h3-10H,11-13H2,1-2H3,(H,22,26). The Labute approximate surface area is 179 Å². The van der Waals surface area contributed by atoms with Gasteiger partial charge in [0.25, 0.3) is 15.9 Å². The predicted molar refractivity (Wildman–Crippen MR) is 115 cm³/mol. The fourth-order valence-electron chi connectivity index (χ4n) is 3.38. The number of hydrogen-bond donors (Lipinski definition) is 1. The van der Waals surface area contributed by atoms with Crippen molar-refractivity contribution in [2.24, 2.45) is 4.40 Å². The molecule has 0 saturated heterocycles. The molecule has 0 bridgehead atoms. The molecule has 0 spiro atoms. The molecule has 0 saturated carbocycles. The summed E-state index contributed by atoms with van der Waals surface area (Å²) in [6, 6.07) is 7.17. The lowest BCUT2D eigenvalue weighted by molar-refractivity contribution is -0.112. The molecule has 0 fully saturated rings. The van der Waals surface area contributed by atoms with E-state index in [1.54, 1.807) is 54.4 Å². The van der Waals surface area contributed by atoms with Gasteiger partial charge in [-0.2, -0.15) is 5.10 Å². The van der Waals surface area contributed by atoms with E-state index >= 15 is 0 Å². The van der Waals surface area contributed by atoms with Gasteiger partial charge >= 0.3 is 0 Å². The topological polar surface area (TPSA) is 115 Å². The summed E-state index contributed by atoms with van der Waals surface area (Å²) in [5.41, 5.74) is 0.979. The van der Waals surface area contributed by atoms with Crippen molar-refractivity contribution >= 4 is 27.6 Å². The van der Waals surface area contributed by atoms with Crippen LogP contribution in [-0.4, -0.2) is 61.4 Å². The normalized spacial score (nSPS) is 16.8. The Bertz CT molecular complexity index is 1210. The van der Waals surface area contributed by atoms with Crippen molar-refractivity contribution < 1.29 is 22.7 Å². The Morgan fingerprint density at radius 3 is 2.84 bits per heavy atom. The quantitative estimate of drug-likeness (QED) is 0.717. The molecule has 2 aromatic rings. The number of methoxy groups -OCH3 is 2. The van der Waals surface area contributed by atoms with Crippen molar-refractivity contribution in [1.82, 2.24) is 14.7 Å². The number of allylic oxidation sites excluding steroid dienone is 2. The highest BCUT2D eigenvalue weighted by atomic mass is 32.2. The number of aromatic nitrogens is 2. The first kappa shape index (κ1) is 20.7. The highest BCUT2D eigenvalue weighted by molar-refractivity contribution is 7.90. The second-order valence-corrected chi connectivity index (χ2v) is 8.55. The molecule has 0 radical (unpaired) electrons. The maximum atomic E-state index is 13.0. The largest absolute Gasteiger partial charge is 0.493 e. The monoisotopic (exact) mass is 443 g/mol. The Balaban J connectivity index is 1.58. The van der Waals surface area contributed by atoms with Gasteiger partial charge in [-0.25, -0.2) is 13.1 Å². The molecule has 2 aliphatic heterocycles. The van der Waals surface area contributed by atoms with Crippen LogP contribution in [0, 0.1) is 0 Å². The average molecular weight is 443 g/mol. The smallest absolute Gasteiger partial charge is 0.260 e. The predicted octanol–water partition coefficient (Wildman–Crippen LogP) is 1.38. The third-order valence-corrected chi connectivity index (χ3v) is 6.01. The highest BCUT2D eigenvalue weighted by Crippen LogP contribution is 2.31. The average Bonchev–Trinajstić information content (AvgIpc) is 3.18. The summed E-state index contributed by atoms with van der Waals surface area (Å²) < 4.78 is 40.0. The summed E-state index contributed by atoms with van der Waals surface area (Å²) >= 11 is 0. The molecule has 1 amide bonds. The van der Waals surface area contributed by atoms with E-state index in [-0.39, 0.29) is 23.7 Å². The Kier molecular flexibility index (Phi) is 5.51. The van der Waals surface area contributed by atoms with Crippen LogP contribution in [0.5, 0.6) is 11.5 Å². The molecule has 0 atom stereocenters. The second kappa shape index (κ2) is 8.26. The number of amides is 1. The van der Waals surface area contributed by atoms with Crippen LogP contribution in [0.15, 0.2) is 58.8 Å². The molecule has 1 aromatic heterocycles. The number of sulfonamides is 1. The van der Waals surface area contributed by atoms with E-state index in [0.29, 0.717) is 23.9 Å². The van der Waals surface area contributed by atoms with Crippen LogP contribution < -0.4 is 14.8 Å². The lowest BCUT2D eigenvalue weighted by Crippen LogP contribution is -2.41. The van der Waals surface area contributed by atoms with Crippen molar-refractivity contribution in [2.45, 2.75) is 6.54 Å². The summed E-state index contributed by atoms with van der Waals surface area (Å²) in [4.78, 5) is 14.6. The number of fused-ring (bicyclic) bond motifs is 1. The zero-order valence-corrected chi connectivity index (χ0v) is 17.8. The number of para-hydroxylation sites is 1. The summed E-state index contributed by atoms with van der Waals surface area (Å²) in [6.45, 7) is 0.569. The maximum absolute atomic E-state index is 13.0. The third-order valence-electron chi connectivity index (χ3n) is 4.86. The number of nitrogens with one attached hydrogen (secondary N) is 1. The number of hydrogen-bond acceptors (Lipinski definition) is 7. The molecular weight excluding hydrogens is 422 g/mol. The van der Waals surface area contributed by atoms with Gasteiger partial charge in [-0.1, -0.05) is 12.1 Å². The molecule has 3 heterocycles. The van der Waals surface area contributed by atoms with Crippen molar-refractivity contribution in [2.75, 3.05) is 31.8 Å². The van der Waals surface area contributed by atoms with Crippen LogP contribution in [0.3, 0.4) is 0 Å². The SMILES string of the molecule is COc1cccc(Cn2nccc2NC(=O)C2=CC=CN3CCS(=O)(=O)N=C23)c1OC. The lowest BCUT2D eigenvalue weighted by Gasteiger charge is -2.28. The zero-order chi connectivity index (χ0) is 22.0. The van der Waals surface area contributed by atoms with E-state index in [2.05, 4.69) is 14.8 Å². The first-order valence-corrected chi connectivity index (χ1v) is 11.0. The van der Waals surface area contributed by atoms with E-state index in [4.69, 9.17) is 9.47 Å². The Hall–Kier alpha value is -3.60. The summed E-state index contributed by atoms with van der Waals surface area (Å²) in [5.74, 6) is 1.15. The van der Waals surface area contributed by atoms with Crippen molar-refractivity contribution in [3.63, 3.8) is 0 Å². The number of rotatable bonds is 6. The minimum absolute atomic E-state index is 0.0924. The lowest BCUT2D eigenvalue weighted by atomic mass is 10.1. The molecule has 162 valence electrons. The molecule has 1 aromatic carbocycles. The number of anilines is 1. The van der Waals surface area contributed by atoms with Gasteiger partial charge in [0.15, 0.2) is 17.3 Å². The summed E-state index contributed by atoms with van der Waals surface area (Å²) in [5, 5.41) is 7.07. The van der Waals surface area contributed by atoms with Gasteiger partial charge in [0.1, 0.15) is 5.82 Å². The highest BCUT2D eigenvalue weighted by Gasteiger charge is 2.30. The zero-order valence-electron chi connectivity index (χ0n) is 17.0. The Morgan fingerprint density at radius 2 is 2.06 bits per heavy atom. The van der Waals surface area contributed by atoms with Gasteiger partial charge in [-0.15, -0.1) is 4.40 Å². The summed E-state index contributed by atoms with van der Waals surface area (Å²) in [6.07, 6.45) is 6.48. The van der Waals surface area contributed by atoms with Gasteiger partial charge in [0.2, 0.25) is 0 Å². The molecule has 0 unspecified atom stereocenters. The van der Waals surface area contributed by atoms with Gasteiger partial charge in [0, 0.05) is 24.4 Å². The first-order chi connectivity index (χ1) is 14.9. The second-order valence-electron chi connectivity index (χ2n) is 6.80. The van der Waals surface area contributed by atoms with Crippen LogP contribution in [-0.2, 0) is 21.4 Å². The van der Waals surface area contributed by atoms with Crippen LogP contribution in [0.2, 0.25) is 0 Å². The number of carbonyl (C=O) groups is 1. The van der Waals surface area contributed by atoms with E-state index in [1.165, 1.54) is 6.08 Å². The van der Waals surface area contributed by atoms with Gasteiger partial charge < -0.3 is 19.7 Å². The van der Waals surface area contributed by atoms with E-state index in [1.807, 2.05) is 12.1 Å². The fourth-order valence-corrected chi connectivity index (χ4v) is 4.37. The fraction of sp³-hybridized carbons (Fsp3) is 0.250. The molecule has 10 nitrogen and oxygen atoms in total. The van der Waals surface area contributed by atoms with Crippen LogP contribution >= 0.6 is 0 Å². The maximum Gasteiger partial charge on any atom is 0.260 e. The molecular formula is C20H21N5O5S. The third kappa shape index (κ3) is 4.17. The molecule has 0 aliphatic carbocycles. The van der Waals surface area contributed by atoms with Crippen LogP contribution in [0.25, 0.3) is 0 Å². The Morgan fingerprint density at radius 1 is 1.23 bits per heavy atom. The van der Waals surface area contributed by atoms with Crippen molar-refractivity contribution in [1.29, 1.82) is 0 Å². The van der Waals surface area contributed by atoms with Crippen molar-refractivity contribution in [3.05, 3.63) is 60.0 Å². The minimum atomic E-state index is -3.60. The van der Waals surface area contributed by atoms with E-state index in [9.17, 15) is 13.2 Å². The van der Waals surface area contributed by atoms with E-state index < -0.39 is 15.9 Å². The molecule has 1 N–H and O–H groups in total. The van der Waals surface area contributed by atoms with Crippen molar-refractivity contribution in [3.8, 4) is 11.5 Å². The number of ether oxygens (including phenoxy) is 2. The molecule has 11 heteroatoms. The minimum Gasteiger partial charge on any atom is -0.493 e. The van der Waals surface area contributed by atoms with Crippen LogP contribution in [0.1, 0.15) is 5.56 Å².